The minimum Gasteiger partial charge on any atom is -0.497 e. The van der Waals surface area contributed by atoms with Crippen molar-refractivity contribution in [3.05, 3.63) is 47.9 Å². The Morgan fingerprint density at radius 1 is 1.26 bits per heavy atom. The molecule has 0 bridgehead atoms. The Balaban J connectivity index is 2.08. The molecule has 0 atom stereocenters. The van der Waals surface area contributed by atoms with E-state index in [0.29, 0.717) is 5.88 Å². The van der Waals surface area contributed by atoms with Gasteiger partial charge in [0.25, 0.3) is 0 Å². The van der Waals surface area contributed by atoms with Gasteiger partial charge in [0.1, 0.15) is 11.6 Å². The molecule has 4 nitrogen and oxygen atoms in total. The molecule has 0 unspecified atom stereocenters. The summed E-state index contributed by atoms with van der Waals surface area (Å²) in [5, 5.41) is 0. The van der Waals surface area contributed by atoms with Crippen molar-refractivity contribution < 1.29 is 4.74 Å². The Kier molecular flexibility index (Phi) is 4.58. The second-order valence-corrected chi connectivity index (χ2v) is 4.47. The van der Waals surface area contributed by atoms with Gasteiger partial charge in [0.2, 0.25) is 0 Å². The maximum atomic E-state index is 5.69. The summed E-state index contributed by atoms with van der Waals surface area (Å²) in [6, 6.07) is 7.97. The van der Waals surface area contributed by atoms with Crippen molar-refractivity contribution in [2.24, 2.45) is 0 Å². The number of hydrogen-bond donors (Lipinski definition) is 0. The number of alkyl halides is 1. The summed E-state index contributed by atoms with van der Waals surface area (Å²) in [6.07, 6.45) is 3.43. The minimum absolute atomic E-state index is 0.382. The lowest BCUT2D eigenvalue weighted by molar-refractivity contribution is 0.414. The summed E-state index contributed by atoms with van der Waals surface area (Å²) in [7, 11) is 3.64. The maximum absolute atomic E-state index is 5.69. The minimum atomic E-state index is 0.382. The zero-order valence-corrected chi connectivity index (χ0v) is 11.8. The number of hydrogen-bond acceptors (Lipinski definition) is 4. The zero-order chi connectivity index (χ0) is 13.7. The molecule has 2 aromatic rings. The van der Waals surface area contributed by atoms with Crippen molar-refractivity contribution in [3.63, 3.8) is 0 Å². The van der Waals surface area contributed by atoms with Crippen LogP contribution in [-0.2, 0) is 12.4 Å². The fraction of sp³-hybridized carbons (Fsp3) is 0.286. The molecule has 19 heavy (non-hydrogen) atoms. The van der Waals surface area contributed by atoms with E-state index in [0.717, 1.165) is 29.4 Å². The molecular weight excluding hydrogens is 262 g/mol. The highest BCUT2D eigenvalue weighted by Crippen LogP contribution is 2.16. The Bertz CT molecular complexity index is 530. The van der Waals surface area contributed by atoms with Crippen molar-refractivity contribution in [1.82, 2.24) is 9.97 Å². The number of benzene rings is 1. The third-order valence-corrected chi connectivity index (χ3v) is 3.05. The number of ether oxygens (including phenoxy) is 1. The van der Waals surface area contributed by atoms with Gasteiger partial charge in [0, 0.05) is 13.6 Å². The van der Waals surface area contributed by atoms with Gasteiger partial charge < -0.3 is 9.64 Å². The van der Waals surface area contributed by atoms with Gasteiger partial charge in [-0.15, -0.1) is 11.6 Å². The van der Waals surface area contributed by atoms with E-state index in [1.165, 1.54) is 0 Å². The van der Waals surface area contributed by atoms with E-state index in [9.17, 15) is 0 Å². The molecule has 0 N–H and O–H groups in total. The van der Waals surface area contributed by atoms with Crippen LogP contribution < -0.4 is 9.64 Å². The van der Waals surface area contributed by atoms with E-state index in [1.54, 1.807) is 19.5 Å². The molecule has 100 valence electrons. The maximum Gasteiger partial charge on any atom is 0.147 e. The lowest BCUT2D eigenvalue weighted by Gasteiger charge is -2.18. The highest BCUT2D eigenvalue weighted by atomic mass is 35.5. The van der Waals surface area contributed by atoms with Gasteiger partial charge in [-0.05, 0) is 17.7 Å². The Labute approximate surface area is 118 Å². The molecule has 0 radical (unpaired) electrons. The Morgan fingerprint density at radius 3 is 2.74 bits per heavy atom. The monoisotopic (exact) mass is 277 g/mol. The van der Waals surface area contributed by atoms with Crippen LogP contribution in [0, 0.1) is 0 Å². The van der Waals surface area contributed by atoms with Crippen molar-refractivity contribution in [2.45, 2.75) is 12.4 Å². The third kappa shape index (κ3) is 3.58. The average molecular weight is 278 g/mol. The predicted octanol–water partition coefficient (Wildman–Crippen LogP) is 2.86. The van der Waals surface area contributed by atoms with Gasteiger partial charge in [0.05, 0.1) is 31.1 Å². The lowest BCUT2D eigenvalue weighted by atomic mass is 10.2. The first-order chi connectivity index (χ1) is 9.22. The van der Waals surface area contributed by atoms with Crippen molar-refractivity contribution in [1.29, 1.82) is 0 Å². The molecule has 0 aliphatic heterocycles. The van der Waals surface area contributed by atoms with Crippen LogP contribution in [0.25, 0.3) is 0 Å². The second kappa shape index (κ2) is 6.38. The van der Waals surface area contributed by atoms with E-state index in [2.05, 4.69) is 16.0 Å². The van der Waals surface area contributed by atoms with Crippen molar-refractivity contribution >= 4 is 17.4 Å². The summed E-state index contributed by atoms with van der Waals surface area (Å²) in [5.74, 6) is 2.05. The number of rotatable bonds is 5. The molecule has 1 aromatic carbocycles. The predicted molar refractivity (Wildman–Crippen MR) is 76.7 cm³/mol. The van der Waals surface area contributed by atoms with Crippen LogP contribution in [0.2, 0.25) is 0 Å². The molecule has 5 heteroatoms. The highest BCUT2D eigenvalue weighted by Gasteiger charge is 2.05. The molecule has 0 fully saturated rings. The highest BCUT2D eigenvalue weighted by molar-refractivity contribution is 6.16. The van der Waals surface area contributed by atoms with Crippen LogP contribution in [0.1, 0.15) is 11.3 Å². The fourth-order valence-corrected chi connectivity index (χ4v) is 1.88. The SMILES string of the molecule is COc1cccc(CN(C)c2cnc(CCl)cn2)c1. The summed E-state index contributed by atoms with van der Waals surface area (Å²) < 4.78 is 5.21. The van der Waals surface area contributed by atoms with Crippen molar-refractivity contribution in [3.8, 4) is 5.75 Å². The van der Waals surface area contributed by atoms with Crippen LogP contribution in [0.5, 0.6) is 5.75 Å². The molecule has 1 aromatic heterocycles. The quantitative estimate of drug-likeness (QED) is 0.788. The van der Waals surface area contributed by atoms with Crippen molar-refractivity contribution in [2.75, 3.05) is 19.1 Å². The van der Waals surface area contributed by atoms with E-state index in [1.807, 2.05) is 30.1 Å². The standard InChI is InChI=1S/C14H16ClN3O/c1-18(14-9-16-12(7-15)8-17-14)10-11-4-3-5-13(6-11)19-2/h3-6,8-9H,7,10H2,1-2H3. The molecule has 0 saturated heterocycles. The zero-order valence-electron chi connectivity index (χ0n) is 11.0. The number of methoxy groups -OCH3 is 1. The fourth-order valence-electron chi connectivity index (χ4n) is 1.74. The Morgan fingerprint density at radius 2 is 2.11 bits per heavy atom. The number of anilines is 1. The summed E-state index contributed by atoms with van der Waals surface area (Å²) in [5.41, 5.74) is 1.94. The van der Waals surface area contributed by atoms with E-state index >= 15 is 0 Å². The molecule has 2 rings (SSSR count). The average Bonchev–Trinajstić information content (AvgIpc) is 2.47. The molecule has 0 spiro atoms. The van der Waals surface area contributed by atoms with Crippen LogP contribution >= 0.6 is 11.6 Å². The first-order valence-electron chi connectivity index (χ1n) is 5.94. The largest absolute Gasteiger partial charge is 0.497 e. The van der Waals surface area contributed by atoms with E-state index < -0.39 is 0 Å². The summed E-state index contributed by atoms with van der Waals surface area (Å²) in [6.45, 7) is 0.742. The molecule has 0 aliphatic carbocycles. The molecule has 1 heterocycles. The van der Waals surface area contributed by atoms with Gasteiger partial charge in [-0.2, -0.15) is 0 Å². The molecular formula is C14H16ClN3O. The van der Waals surface area contributed by atoms with E-state index in [4.69, 9.17) is 16.3 Å². The van der Waals surface area contributed by atoms with Crippen LogP contribution in [0.15, 0.2) is 36.7 Å². The van der Waals surface area contributed by atoms with Gasteiger partial charge in [-0.3, -0.25) is 4.98 Å². The lowest BCUT2D eigenvalue weighted by Crippen LogP contribution is -2.18. The first-order valence-corrected chi connectivity index (χ1v) is 6.47. The topological polar surface area (TPSA) is 38.2 Å². The summed E-state index contributed by atoms with van der Waals surface area (Å²) in [4.78, 5) is 10.6. The smallest absolute Gasteiger partial charge is 0.147 e. The number of halogens is 1. The van der Waals surface area contributed by atoms with Gasteiger partial charge in [0.15, 0.2) is 0 Å². The third-order valence-electron chi connectivity index (χ3n) is 2.77. The summed E-state index contributed by atoms with van der Waals surface area (Å²) >= 11 is 5.69. The van der Waals surface area contributed by atoms with Crippen LogP contribution in [0.4, 0.5) is 5.82 Å². The number of aromatic nitrogens is 2. The number of nitrogens with zero attached hydrogens (tertiary/aromatic N) is 3. The van der Waals surface area contributed by atoms with Gasteiger partial charge in [-0.25, -0.2) is 4.98 Å². The van der Waals surface area contributed by atoms with Crippen LogP contribution in [0.3, 0.4) is 0 Å². The molecule has 0 saturated carbocycles. The normalized spacial score (nSPS) is 10.3. The van der Waals surface area contributed by atoms with Gasteiger partial charge >= 0.3 is 0 Å². The van der Waals surface area contributed by atoms with E-state index in [-0.39, 0.29) is 0 Å². The molecule has 0 amide bonds. The first kappa shape index (κ1) is 13.6. The molecule has 0 aliphatic rings. The van der Waals surface area contributed by atoms with Crippen LogP contribution in [-0.4, -0.2) is 24.1 Å². The van der Waals surface area contributed by atoms with Gasteiger partial charge in [-0.1, -0.05) is 12.1 Å². The Hall–Kier alpha value is -1.81. The second-order valence-electron chi connectivity index (χ2n) is 4.21.